The van der Waals surface area contributed by atoms with Gasteiger partial charge in [-0.25, -0.2) is 4.98 Å². The number of methoxy groups -OCH3 is 1. The zero-order valence-electron chi connectivity index (χ0n) is 13.2. The Morgan fingerprint density at radius 1 is 1.25 bits per heavy atom. The monoisotopic (exact) mass is 339 g/mol. The number of carbonyl (C=O) groups is 1. The van der Waals surface area contributed by atoms with Crippen LogP contribution in [0.2, 0.25) is 0 Å². The van der Waals surface area contributed by atoms with Crippen LogP contribution in [0.1, 0.15) is 12.0 Å². The molecule has 1 aliphatic rings. The van der Waals surface area contributed by atoms with Crippen molar-refractivity contribution >= 4 is 34.4 Å². The Kier molecular flexibility index (Phi) is 3.90. The van der Waals surface area contributed by atoms with Crippen LogP contribution < -0.4 is 10.1 Å². The first-order chi connectivity index (χ1) is 11.7. The van der Waals surface area contributed by atoms with E-state index >= 15 is 0 Å². The fourth-order valence-corrected chi connectivity index (χ4v) is 3.88. The fourth-order valence-electron chi connectivity index (χ4n) is 2.89. The van der Waals surface area contributed by atoms with Crippen LogP contribution >= 0.6 is 11.8 Å². The topological polar surface area (TPSA) is 67.0 Å². The molecule has 1 atom stereocenters. The van der Waals surface area contributed by atoms with Crippen LogP contribution in [-0.4, -0.2) is 28.2 Å². The number of carbonyl (C=O) groups excluding carboxylic acids is 1. The first kappa shape index (κ1) is 15.1. The molecule has 3 aromatic rings. The van der Waals surface area contributed by atoms with Gasteiger partial charge in [-0.3, -0.25) is 4.79 Å². The van der Waals surface area contributed by atoms with Gasteiger partial charge in [0.15, 0.2) is 5.16 Å². The summed E-state index contributed by atoms with van der Waals surface area (Å²) in [6.45, 7) is 0. The Labute approximate surface area is 143 Å². The highest BCUT2D eigenvalue weighted by atomic mass is 32.2. The number of hydrogen-bond acceptors (Lipinski definition) is 4. The van der Waals surface area contributed by atoms with Gasteiger partial charge in [0.1, 0.15) is 5.75 Å². The van der Waals surface area contributed by atoms with Gasteiger partial charge in [0, 0.05) is 11.8 Å². The minimum atomic E-state index is -0.167. The number of aromatic amines is 1. The molecule has 0 aliphatic carbocycles. The van der Waals surface area contributed by atoms with Crippen LogP contribution in [0.3, 0.4) is 0 Å². The van der Waals surface area contributed by atoms with Gasteiger partial charge in [0.05, 0.1) is 23.4 Å². The van der Waals surface area contributed by atoms with E-state index in [1.807, 2.05) is 36.4 Å². The summed E-state index contributed by atoms with van der Waals surface area (Å²) >= 11 is 1.48. The van der Waals surface area contributed by atoms with Crippen molar-refractivity contribution in [3.63, 3.8) is 0 Å². The number of nitrogens with zero attached hydrogens (tertiary/aromatic N) is 1. The number of anilines is 1. The second kappa shape index (κ2) is 6.20. The average molecular weight is 339 g/mol. The minimum Gasteiger partial charge on any atom is -0.497 e. The highest BCUT2D eigenvalue weighted by Gasteiger charge is 2.25. The van der Waals surface area contributed by atoms with E-state index in [4.69, 9.17) is 4.74 Å². The van der Waals surface area contributed by atoms with Crippen LogP contribution in [0, 0.1) is 0 Å². The summed E-state index contributed by atoms with van der Waals surface area (Å²) in [4.78, 5) is 20.3. The molecule has 5 nitrogen and oxygen atoms in total. The lowest BCUT2D eigenvalue weighted by Crippen LogP contribution is -2.23. The van der Waals surface area contributed by atoms with E-state index in [0.29, 0.717) is 0 Å². The zero-order valence-corrected chi connectivity index (χ0v) is 14.0. The molecule has 0 bridgehead atoms. The van der Waals surface area contributed by atoms with Crippen molar-refractivity contribution in [3.8, 4) is 5.75 Å². The zero-order chi connectivity index (χ0) is 16.5. The second-order valence-electron chi connectivity index (χ2n) is 5.72. The summed E-state index contributed by atoms with van der Waals surface area (Å²) in [6.07, 6.45) is 1.66. The maximum absolute atomic E-state index is 12.5. The molecule has 1 aromatic heterocycles. The van der Waals surface area contributed by atoms with E-state index in [0.717, 1.165) is 40.5 Å². The maximum Gasteiger partial charge on any atom is 0.237 e. The summed E-state index contributed by atoms with van der Waals surface area (Å²) in [6, 6.07) is 13.7. The molecule has 1 unspecified atom stereocenters. The normalized spacial score (nSPS) is 17.2. The van der Waals surface area contributed by atoms with Crippen molar-refractivity contribution in [2.45, 2.75) is 23.2 Å². The summed E-state index contributed by atoms with van der Waals surface area (Å²) in [5, 5.41) is 3.61. The van der Waals surface area contributed by atoms with Gasteiger partial charge in [-0.15, -0.1) is 0 Å². The SMILES string of the molecule is COc1ccc2nc(SC3CCc4ccccc4NC3=O)[nH]c2c1. The summed E-state index contributed by atoms with van der Waals surface area (Å²) in [5.41, 5.74) is 3.88. The predicted octanol–water partition coefficient (Wildman–Crippen LogP) is 3.62. The van der Waals surface area contributed by atoms with Crippen LogP contribution in [0.5, 0.6) is 5.75 Å². The number of rotatable bonds is 3. The van der Waals surface area contributed by atoms with Crippen molar-refractivity contribution < 1.29 is 9.53 Å². The summed E-state index contributed by atoms with van der Waals surface area (Å²) in [7, 11) is 1.64. The molecule has 0 saturated carbocycles. The Morgan fingerprint density at radius 3 is 3.00 bits per heavy atom. The number of aromatic nitrogens is 2. The van der Waals surface area contributed by atoms with Crippen LogP contribution in [0.25, 0.3) is 11.0 Å². The van der Waals surface area contributed by atoms with Crippen LogP contribution in [-0.2, 0) is 11.2 Å². The number of fused-ring (bicyclic) bond motifs is 2. The second-order valence-corrected chi connectivity index (χ2v) is 6.91. The van der Waals surface area contributed by atoms with E-state index in [-0.39, 0.29) is 11.2 Å². The van der Waals surface area contributed by atoms with E-state index < -0.39 is 0 Å². The highest BCUT2D eigenvalue weighted by molar-refractivity contribution is 8.00. The molecule has 4 rings (SSSR count). The third kappa shape index (κ3) is 2.85. The molecule has 6 heteroatoms. The summed E-state index contributed by atoms with van der Waals surface area (Å²) < 4.78 is 5.23. The number of thioether (sulfide) groups is 1. The van der Waals surface area contributed by atoms with Gasteiger partial charge in [-0.2, -0.15) is 0 Å². The molecule has 0 saturated heterocycles. The van der Waals surface area contributed by atoms with E-state index in [2.05, 4.69) is 21.4 Å². The van der Waals surface area contributed by atoms with Gasteiger partial charge in [0.25, 0.3) is 0 Å². The van der Waals surface area contributed by atoms with E-state index in [1.54, 1.807) is 7.11 Å². The number of para-hydroxylation sites is 1. The highest BCUT2D eigenvalue weighted by Crippen LogP contribution is 2.31. The quantitative estimate of drug-likeness (QED) is 0.765. The Morgan fingerprint density at radius 2 is 2.12 bits per heavy atom. The molecule has 2 N–H and O–H groups in total. The van der Waals surface area contributed by atoms with Crippen molar-refractivity contribution in [3.05, 3.63) is 48.0 Å². The number of amides is 1. The third-order valence-corrected chi connectivity index (χ3v) is 5.32. The molecular weight excluding hydrogens is 322 g/mol. The molecule has 2 heterocycles. The standard InChI is InChI=1S/C18H17N3O2S/c1-23-12-7-8-14-15(10-12)21-18(20-14)24-16-9-6-11-4-2-3-5-13(11)19-17(16)22/h2-5,7-8,10,16H,6,9H2,1H3,(H,19,22)(H,20,21). The van der Waals surface area contributed by atoms with Gasteiger partial charge < -0.3 is 15.0 Å². The molecule has 24 heavy (non-hydrogen) atoms. The molecule has 0 radical (unpaired) electrons. The first-order valence-corrected chi connectivity index (χ1v) is 8.70. The molecule has 1 amide bonds. The third-order valence-electron chi connectivity index (χ3n) is 4.16. The van der Waals surface area contributed by atoms with Crippen molar-refractivity contribution in [2.75, 3.05) is 12.4 Å². The molecule has 2 aromatic carbocycles. The lowest BCUT2D eigenvalue weighted by atomic mass is 10.1. The molecule has 122 valence electrons. The van der Waals surface area contributed by atoms with Crippen molar-refractivity contribution in [1.82, 2.24) is 9.97 Å². The number of ether oxygens (including phenoxy) is 1. The minimum absolute atomic E-state index is 0.0305. The van der Waals surface area contributed by atoms with E-state index in [1.165, 1.54) is 17.3 Å². The first-order valence-electron chi connectivity index (χ1n) is 7.82. The van der Waals surface area contributed by atoms with Gasteiger partial charge >= 0.3 is 0 Å². The van der Waals surface area contributed by atoms with Crippen molar-refractivity contribution in [2.24, 2.45) is 0 Å². The number of aryl methyl sites for hydroxylation is 1. The predicted molar refractivity (Wildman–Crippen MR) is 95.7 cm³/mol. The molecular formula is C18H17N3O2S. The van der Waals surface area contributed by atoms with E-state index in [9.17, 15) is 4.79 Å². The molecule has 0 spiro atoms. The average Bonchev–Trinajstić information content (AvgIpc) is 2.93. The van der Waals surface area contributed by atoms with Crippen LogP contribution in [0.4, 0.5) is 5.69 Å². The van der Waals surface area contributed by atoms with Gasteiger partial charge in [-0.05, 0) is 36.6 Å². The van der Waals surface area contributed by atoms with Crippen LogP contribution in [0.15, 0.2) is 47.6 Å². The Balaban J connectivity index is 1.56. The molecule has 1 aliphatic heterocycles. The largest absolute Gasteiger partial charge is 0.497 e. The Bertz CT molecular complexity index is 906. The lowest BCUT2D eigenvalue weighted by molar-refractivity contribution is -0.115. The maximum atomic E-state index is 12.5. The lowest BCUT2D eigenvalue weighted by Gasteiger charge is -2.10. The number of imidazole rings is 1. The van der Waals surface area contributed by atoms with Gasteiger partial charge in [-0.1, -0.05) is 30.0 Å². The Hall–Kier alpha value is -2.47. The number of H-pyrrole nitrogens is 1. The number of nitrogens with one attached hydrogen (secondary N) is 2. The number of hydrogen-bond donors (Lipinski definition) is 2. The fraction of sp³-hybridized carbons (Fsp3) is 0.222. The smallest absolute Gasteiger partial charge is 0.237 e. The van der Waals surface area contributed by atoms with Crippen molar-refractivity contribution in [1.29, 1.82) is 0 Å². The molecule has 0 fully saturated rings. The van der Waals surface area contributed by atoms with Gasteiger partial charge in [0.2, 0.25) is 5.91 Å². The summed E-state index contributed by atoms with van der Waals surface area (Å²) in [5.74, 6) is 0.813. The number of benzene rings is 2.